The van der Waals surface area contributed by atoms with Gasteiger partial charge in [-0.1, -0.05) is 0 Å². The number of carbonyl (C=O) groups excluding carboxylic acids is 2. The van der Waals surface area contributed by atoms with Crippen molar-refractivity contribution in [2.45, 2.75) is 19.8 Å². The fourth-order valence-corrected chi connectivity index (χ4v) is 2.60. The van der Waals surface area contributed by atoms with E-state index >= 15 is 0 Å². The van der Waals surface area contributed by atoms with Crippen molar-refractivity contribution in [3.05, 3.63) is 47.9 Å². The van der Waals surface area contributed by atoms with Gasteiger partial charge in [0.1, 0.15) is 0 Å². The molecule has 0 aliphatic carbocycles. The van der Waals surface area contributed by atoms with Gasteiger partial charge in [-0.2, -0.15) is 0 Å². The molecule has 1 aromatic heterocycles. The lowest BCUT2D eigenvalue weighted by Crippen LogP contribution is -2.32. The first-order valence-corrected chi connectivity index (χ1v) is 7.65. The number of urea groups is 1. The van der Waals surface area contributed by atoms with Crippen LogP contribution in [0.3, 0.4) is 0 Å². The van der Waals surface area contributed by atoms with Gasteiger partial charge in [0.15, 0.2) is 5.76 Å². The lowest BCUT2D eigenvalue weighted by Gasteiger charge is -2.17. The van der Waals surface area contributed by atoms with Crippen LogP contribution in [0.1, 0.15) is 29.0 Å². The minimum absolute atomic E-state index is 0.0747. The maximum absolute atomic E-state index is 12.1. The van der Waals surface area contributed by atoms with E-state index in [0.717, 1.165) is 37.2 Å². The van der Waals surface area contributed by atoms with E-state index in [4.69, 9.17) is 4.42 Å². The molecule has 0 atom stereocenters. The summed E-state index contributed by atoms with van der Waals surface area (Å²) in [5.41, 5.74) is 2.27. The zero-order valence-corrected chi connectivity index (χ0v) is 13.0. The third kappa shape index (κ3) is 3.53. The van der Waals surface area contributed by atoms with Crippen molar-refractivity contribution >= 4 is 23.3 Å². The van der Waals surface area contributed by atoms with E-state index in [-0.39, 0.29) is 17.7 Å². The van der Waals surface area contributed by atoms with Gasteiger partial charge in [0.2, 0.25) is 0 Å². The number of benzene rings is 1. The quantitative estimate of drug-likeness (QED) is 0.911. The summed E-state index contributed by atoms with van der Waals surface area (Å²) >= 11 is 0. The Balaban J connectivity index is 1.65. The summed E-state index contributed by atoms with van der Waals surface area (Å²) in [7, 11) is 0. The standard InChI is InChI=1S/C17H19N3O3/c1-12-11-13(18-17(22)20-8-2-3-9-20)6-7-14(12)19-16(21)15-5-4-10-23-15/h4-7,10-11H,2-3,8-9H2,1H3,(H,18,22)(H,19,21). The molecule has 0 spiro atoms. The molecular weight excluding hydrogens is 294 g/mol. The molecule has 1 fully saturated rings. The van der Waals surface area contributed by atoms with E-state index in [1.807, 2.05) is 17.9 Å². The van der Waals surface area contributed by atoms with Gasteiger partial charge >= 0.3 is 6.03 Å². The molecule has 0 radical (unpaired) electrons. The number of anilines is 2. The summed E-state index contributed by atoms with van der Waals surface area (Å²) in [5.74, 6) is -0.0391. The molecule has 0 saturated carbocycles. The number of rotatable bonds is 3. The Hall–Kier alpha value is -2.76. The predicted octanol–water partition coefficient (Wildman–Crippen LogP) is 3.47. The number of hydrogen-bond donors (Lipinski definition) is 2. The van der Waals surface area contributed by atoms with E-state index in [1.165, 1.54) is 6.26 Å². The highest BCUT2D eigenvalue weighted by Gasteiger charge is 2.18. The van der Waals surface area contributed by atoms with Crippen LogP contribution in [0.5, 0.6) is 0 Å². The van der Waals surface area contributed by atoms with E-state index in [1.54, 1.807) is 24.3 Å². The third-order valence-electron chi connectivity index (χ3n) is 3.86. The SMILES string of the molecule is Cc1cc(NC(=O)N2CCCC2)ccc1NC(=O)c1ccco1. The molecule has 3 rings (SSSR count). The summed E-state index contributed by atoms with van der Waals surface area (Å²) in [6.07, 6.45) is 3.58. The Bertz CT molecular complexity index is 704. The van der Waals surface area contributed by atoms with E-state index in [0.29, 0.717) is 5.69 Å². The number of nitrogens with zero attached hydrogens (tertiary/aromatic N) is 1. The topological polar surface area (TPSA) is 74.6 Å². The van der Waals surface area contributed by atoms with Gasteiger partial charge in [-0.15, -0.1) is 0 Å². The zero-order chi connectivity index (χ0) is 16.2. The Morgan fingerprint density at radius 3 is 2.57 bits per heavy atom. The van der Waals surface area contributed by atoms with Crippen LogP contribution in [0.15, 0.2) is 41.0 Å². The van der Waals surface area contributed by atoms with Crippen LogP contribution in [-0.2, 0) is 0 Å². The highest BCUT2D eigenvalue weighted by Crippen LogP contribution is 2.21. The minimum Gasteiger partial charge on any atom is -0.459 e. The number of aryl methyl sites for hydroxylation is 1. The van der Waals surface area contributed by atoms with Crippen LogP contribution in [0.25, 0.3) is 0 Å². The second-order valence-corrected chi connectivity index (χ2v) is 5.59. The normalized spacial score (nSPS) is 13.9. The van der Waals surface area contributed by atoms with Crippen LogP contribution in [-0.4, -0.2) is 29.9 Å². The zero-order valence-electron chi connectivity index (χ0n) is 13.0. The lowest BCUT2D eigenvalue weighted by atomic mass is 10.1. The number of amides is 3. The molecule has 6 nitrogen and oxygen atoms in total. The molecular formula is C17H19N3O3. The average molecular weight is 313 g/mol. The van der Waals surface area contributed by atoms with Gasteiger partial charge in [0, 0.05) is 24.5 Å². The minimum atomic E-state index is -0.299. The molecule has 2 aromatic rings. The monoisotopic (exact) mass is 313 g/mol. The first-order chi connectivity index (χ1) is 11.1. The van der Waals surface area contributed by atoms with E-state index in [2.05, 4.69) is 10.6 Å². The van der Waals surface area contributed by atoms with E-state index in [9.17, 15) is 9.59 Å². The number of nitrogens with one attached hydrogen (secondary N) is 2. The predicted molar refractivity (Wildman–Crippen MR) is 87.7 cm³/mol. The van der Waals surface area contributed by atoms with Gasteiger partial charge in [-0.3, -0.25) is 4.79 Å². The summed E-state index contributed by atoms with van der Waals surface area (Å²) < 4.78 is 5.07. The summed E-state index contributed by atoms with van der Waals surface area (Å²) in [5, 5.41) is 5.68. The molecule has 0 bridgehead atoms. The van der Waals surface area contributed by atoms with Crippen LogP contribution < -0.4 is 10.6 Å². The van der Waals surface area contributed by atoms with Crippen molar-refractivity contribution in [2.24, 2.45) is 0 Å². The van der Waals surface area contributed by atoms with Crippen LogP contribution in [0.2, 0.25) is 0 Å². The second kappa shape index (κ2) is 6.56. The molecule has 1 aliphatic heterocycles. The third-order valence-corrected chi connectivity index (χ3v) is 3.86. The molecule has 2 N–H and O–H groups in total. The molecule has 23 heavy (non-hydrogen) atoms. The molecule has 3 amide bonds. The number of furan rings is 1. The van der Waals surface area contributed by atoms with Gasteiger partial charge in [0.25, 0.3) is 5.91 Å². The van der Waals surface area contributed by atoms with Crippen molar-refractivity contribution in [3.63, 3.8) is 0 Å². The van der Waals surface area contributed by atoms with Crippen LogP contribution in [0, 0.1) is 6.92 Å². The van der Waals surface area contributed by atoms with Crippen molar-refractivity contribution in [1.29, 1.82) is 0 Å². The van der Waals surface area contributed by atoms with Gasteiger partial charge in [-0.05, 0) is 55.7 Å². The Kier molecular flexibility index (Phi) is 4.32. The van der Waals surface area contributed by atoms with Crippen molar-refractivity contribution in [1.82, 2.24) is 4.90 Å². The highest BCUT2D eigenvalue weighted by atomic mass is 16.3. The van der Waals surface area contributed by atoms with E-state index < -0.39 is 0 Å². The molecule has 120 valence electrons. The summed E-state index contributed by atoms with van der Waals surface area (Å²) in [6.45, 7) is 3.49. The fraction of sp³-hybridized carbons (Fsp3) is 0.294. The van der Waals surface area contributed by atoms with Gasteiger partial charge in [-0.25, -0.2) is 4.79 Å². The maximum atomic E-state index is 12.1. The average Bonchev–Trinajstić information content (AvgIpc) is 3.23. The molecule has 1 aromatic carbocycles. The van der Waals surface area contributed by atoms with Crippen molar-refractivity contribution in [2.75, 3.05) is 23.7 Å². The molecule has 1 saturated heterocycles. The van der Waals surface area contributed by atoms with Crippen LogP contribution >= 0.6 is 0 Å². The summed E-state index contributed by atoms with van der Waals surface area (Å²) in [4.78, 5) is 25.9. The number of hydrogen-bond acceptors (Lipinski definition) is 3. The first kappa shape index (κ1) is 15.1. The number of likely N-dealkylation sites (tertiary alicyclic amines) is 1. The van der Waals surface area contributed by atoms with Crippen molar-refractivity contribution in [3.8, 4) is 0 Å². The van der Waals surface area contributed by atoms with Crippen molar-refractivity contribution < 1.29 is 14.0 Å². The maximum Gasteiger partial charge on any atom is 0.321 e. The van der Waals surface area contributed by atoms with Gasteiger partial charge in [0.05, 0.1) is 6.26 Å². The highest BCUT2D eigenvalue weighted by molar-refractivity contribution is 6.02. The first-order valence-electron chi connectivity index (χ1n) is 7.65. The lowest BCUT2D eigenvalue weighted by molar-refractivity contribution is 0.0996. The summed E-state index contributed by atoms with van der Waals surface area (Å²) in [6, 6.07) is 8.59. The smallest absolute Gasteiger partial charge is 0.321 e. The Labute approximate surface area is 134 Å². The number of carbonyl (C=O) groups is 2. The molecule has 0 unspecified atom stereocenters. The Morgan fingerprint density at radius 2 is 1.91 bits per heavy atom. The fourth-order valence-electron chi connectivity index (χ4n) is 2.60. The largest absolute Gasteiger partial charge is 0.459 e. The van der Waals surface area contributed by atoms with Crippen LogP contribution in [0.4, 0.5) is 16.2 Å². The van der Waals surface area contributed by atoms with Gasteiger partial charge < -0.3 is 20.0 Å². The Morgan fingerprint density at radius 1 is 1.13 bits per heavy atom. The molecule has 1 aliphatic rings. The second-order valence-electron chi connectivity index (χ2n) is 5.59. The molecule has 2 heterocycles. The molecule has 6 heteroatoms.